The summed E-state index contributed by atoms with van der Waals surface area (Å²) in [5.41, 5.74) is 0.240. The van der Waals surface area contributed by atoms with E-state index in [4.69, 9.17) is 44.0 Å². The fourth-order valence-corrected chi connectivity index (χ4v) is 2.68. The van der Waals surface area contributed by atoms with Crippen molar-refractivity contribution in [3.63, 3.8) is 0 Å². The lowest BCUT2D eigenvalue weighted by Crippen LogP contribution is -2.20. The maximum absolute atomic E-state index is 12.0. The van der Waals surface area contributed by atoms with Gasteiger partial charge < -0.3 is 14.5 Å². The Morgan fingerprint density at radius 2 is 1.72 bits per heavy atom. The Morgan fingerprint density at radius 1 is 1.00 bits per heavy atom. The third kappa shape index (κ3) is 4.25. The standard InChI is InChI=1S/C17H10Cl3NO4/c18-11-6-13(20)14(7-12(11)19)21-16(22)8-24-10-3-1-9-2-4-17(23)25-15(9)5-10/h1-7H,8H2,(H,21,22). The summed E-state index contributed by atoms with van der Waals surface area (Å²) in [5, 5.41) is 4.15. The molecule has 0 aliphatic heterocycles. The molecule has 0 bridgehead atoms. The summed E-state index contributed by atoms with van der Waals surface area (Å²) in [7, 11) is 0. The Hall–Kier alpha value is -2.21. The van der Waals surface area contributed by atoms with E-state index in [-0.39, 0.29) is 16.7 Å². The smallest absolute Gasteiger partial charge is 0.336 e. The second-order valence-electron chi connectivity index (χ2n) is 5.04. The van der Waals surface area contributed by atoms with E-state index in [1.807, 2.05) is 0 Å². The van der Waals surface area contributed by atoms with Gasteiger partial charge in [-0.2, -0.15) is 0 Å². The Morgan fingerprint density at radius 3 is 2.52 bits per heavy atom. The highest BCUT2D eigenvalue weighted by molar-refractivity contribution is 6.44. The molecule has 128 valence electrons. The molecule has 25 heavy (non-hydrogen) atoms. The monoisotopic (exact) mass is 397 g/mol. The predicted molar refractivity (Wildman–Crippen MR) is 98.1 cm³/mol. The van der Waals surface area contributed by atoms with E-state index in [1.54, 1.807) is 18.2 Å². The maximum Gasteiger partial charge on any atom is 0.336 e. The molecule has 2 aromatic carbocycles. The molecule has 5 nitrogen and oxygen atoms in total. The van der Waals surface area contributed by atoms with Crippen LogP contribution in [-0.4, -0.2) is 12.5 Å². The highest BCUT2D eigenvalue weighted by Crippen LogP contribution is 2.32. The highest BCUT2D eigenvalue weighted by atomic mass is 35.5. The Labute approximate surface area is 157 Å². The molecule has 0 fully saturated rings. The zero-order valence-electron chi connectivity index (χ0n) is 12.5. The minimum absolute atomic E-state index is 0.259. The van der Waals surface area contributed by atoms with Gasteiger partial charge in [-0.3, -0.25) is 4.79 Å². The molecular weight excluding hydrogens is 389 g/mol. The summed E-state index contributed by atoms with van der Waals surface area (Å²) in [4.78, 5) is 23.3. The van der Waals surface area contributed by atoms with Gasteiger partial charge in [0.2, 0.25) is 0 Å². The van der Waals surface area contributed by atoms with Crippen molar-refractivity contribution in [1.29, 1.82) is 0 Å². The molecule has 1 amide bonds. The predicted octanol–water partition coefficient (Wildman–Crippen LogP) is 4.77. The van der Waals surface area contributed by atoms with Crippen molar-refractivity contribution in [3.05, 3.63) is 68.0 Å². The number of halogens is 3. The number of carbonyl (C=O) groups excluding carboxylic acids is 1. The largest absolute Gasteiger partial charge is 0.484 e. The summed E-state index contributed by atoms with van der Waals surface area (Å²) >= 11 is 17.7. The third-order valence-corrected chi connectivity index (χ3v) is 4.28. The van der Waals surface area contributed by atoms with E-state index in [9.17, 15) is 9.59 Å². The number of hydrogen-bond donors (Lipinski definition) is 1. The van der Waals surface area contributed by atoms with Crippen LogP contribution in [0.15, 0.2) is 51.7 Å². The van der Waals surface area contributed by atoms with Crippen LogP contribution in [0.3, 0.4) is 0 Å². The van der Waals surface area contributed by atoms with Crippen molar-refractivity contribution in [1.82, 2.24) is 0 Å². The Bertz CT molecular complexity index is 1020. The Kier molecular flexibility index (Phi) is 5.18. The van der Waals surface area contributed by atoms with Crippen molar-refractivity contribution >= 4 is 57.4 Å². The van der Waals surface area contributed by atoms with Crippen LogP contribution < -0.4 is 15.7 Å². The molecule has 0 aliphatic carbocycles. The first-order valence-corrected chi connectivity index (χ1v) is 8.17. The van der Waals surface area contributed by atoms with Gasteiger partial charge in [-0.05, 0) is 30.3 Å². The molecule has 1 heterocycles. The van der Waals surface area contributed by atoms with Crippen molar-refractivity contribution in [2.24, 2.45) is 0 Å². The first-order chi connectivity index (χ1) is 11.9. The average molecular weight is 399 g/mol. The second kappa shape index (κ2) is 7.35. The van der Waals surface area contributed by atoms with Gasteiger partial charge in [0.25, 0.3) is 5.91 Å². The molecule has 0 saturated heterocycles. The SMILES string of the molecule is O=C(COc1ccc2ccc(=O)oc2c1)Nc1cc(Cl)c(Cl)cc1Cl. The van der Waals surface area contributed by atoms with Gasteiger partial charge in [0.1, 0.15) is 11.3 Å². The van der Waals surface area contributed by atoms with Gasteiger partial charge in [-0.15, -0.1) is 0 Å². The first kappa shape index (κ1) is 17.6. The molecule has 1 aromatic heterocycles. The molecule has 0 radical (unpaired) electrons. The molecule has 0 unspecified atom stereocenters. The van der Waals surface area contributed by atoms with Crippen LogP contribution >= 0.6 is 34.8 Å². The lowest BCUT2D eigenvalue weighted by Gasteiger charge is -2.10. The molecule has 1 N–H and O–H groups in total. The number of fused-ring (bicyclic) bond motifs is 1. The molecule has 0 atom stereocenters. The second-order valence-corrected chi connectivity index (χ2v) is 6.26. The molecular formula is C17H10Cl3NO4. The molecule has 3 rings (SSSR count). The summed E-state index contributed by atoms with van der Waals surface area (Å²) in [6.07, 6.45) is 0. The van der Waals surface area contributed by atoms with Crippen LogP contribution in [0.5, 0.6) is 5.75 Å². The lowest BCUT2D eigenvalue weighted by atomic mass is 10.2. The van der Waals surface area contributed by atoms with Crippen LogP contribution in [0.25, 0.3) is 11.0 Å². The van der Waals surface area contributed by atoms with E-state index in [2.05, 4.69) is 5.32 Å². The van der Waals surface area contributed by atoms with Crippen LogP contribution in [0.1, 0.15) is 0 Å². The van der Waals surface area contributed by atoms with Crippen LogP contribution in [0, 0.1) is 0 Å². The minimum Gasteiger partial charge on any atom is -0.484 e. The van der Waals surface area contributed by atoms with Crippen molar-refractivity contribution in [3.8, 4) is 5.75 Å². The lowest BCUT2D eigenvalue weighted by molar-refractivity contribution is -0.118. The summed E-state index contributed by atoms with van der Waals surface area (Å²) in [5.74, 6) is -0.0489. The van der Waals surface area contributed by atoms with Gasteiger partial charge in [-0.25, -0.2) is 4.79 Å². The van der Waals surface area contributed by atoms with Crippen molar-refractivity contribution < 1.29 is 13.9 Å². The van der Waals surface area contributed by atoms with E-state index >= 15 is 0 Å². The van der Waals surface area contributed by atoms with Crippen molar-refractivity contribution in [2.45, 2.75) is 0 Å². The molecule has 0 aliphatic rings. The average Bonchev–Trinajstić information content (AvgIpc) is 2.57. The normalized spacial score (nSPS) is 10.7. The summed E-state index contributed by atoms with van der Waals surface area (Å²) < 4.78 is 10.5. The van der Waals surface area contributed by atoms with Gasteiger partial charge in [0.15, 0.2) is 6.61 Å². The third-order valence-electron chi connectivity index (χ3n) is 3.25. The van der Waals surface area contributed by atoms with Crippen LogP contribution in [-0.2, 0) is 4.79 Å². The summed E-state index contributed by atoms with van der Waals surface area (Å²) in [6.45, 7) is -0.265. The number of rotatable bonds is 4. The van der Waals surface area contributed by atoms with E-state index in [0.717, 1.165) is 5.39 Å². The first-order valence-electron chi connectivity index (χ1n) is 7.03. The zero-order chi connectivity index (χ0) is 18.0. The number of hydrogen-bond acceptors (Lipinski definition) is 4. The Balaban J connectivity index is 1.68. The van der Waals surface area contributed by atoms with E-state index in [1.165, 1.54) is 24.3 Å². The summed E-state index contributed by atoms with van der Waals surface area (Å²) in [6, 6.07) is 10.8. The maximum atomic E-state index is 12.0. The minimum atomic E-state index is -0.461. The number of nitrogens with one attached hydrogen (secondary N) is 1. The number of amides is 1. The fourth-order valence-electron chi connectivity index (χ4n) is 2.08. The van der Waals surface area contributed by atoms with E-state index < -0.39 is 11.5 Å². The fraction of sp³-hybridized carbons (Fsp3) is 0.0588. The number of ether oxygens (including phenoxy) is 1. The topological polar surface area (TPSA) is 68.5 Å². The van der Waals surface area contributed by atoms with Gasteiger partial charge in [0.05, 0.1) is 20.8 Å². The van der Waals surface area contributed by atoms with Crippen LogP contribution in [0.4, 0.5) is 5.69 Å². The van der Waals surface area contributed by atoms with Crippen LogP contribution in [0.2, 0.25) is 15.1 Å². The van der Waals surface area contributed by atoms with E-state index in [0.29, 0.717) is 22.0 Å². The molecule has 0 saturated carbocycles. The van der Waals surface area contributed by atoms with Gasteiger partial charge >= 0.3 is 5.63 Å². The highest BCUT2D eigenvalue weighted by Gasteiger charge is 2.10. The number of carbonyl (C=O) groups is 1. The van der Waals surface area contributed by atoms with Gasteiger partial charge in [-0.1, -0.05) is 34.8 Å². The van der Waals surface area contributed by atoms with Gasteiger partial charge in [0, 0.05) is 17.5 Å². The number of benzene rings is 2. The van der Waals surface area contributed by atoms with Crippen molar-refractivity contribution in [2.75, 3.05) is 11.9 Å². The quantitative estimate of drug-likeness (QED) is 0.508. The number of anilines is 1. The molecule has 8 heteroatoms. The molecule has 3 aromatic rings. The zero-order valence-corrected chi connectivity index (χ0v) is 14.8. The molecule has 0 spiro atoms.